The second-order valence-electron chi connectivity index (χ2n) is 5.05. The average molecular weight is 324 g/mol. The summed E-state index contributed by atoms with van der Waals surface area (Å²) in [5.74, 6) is -1.01. The lowest BCUT2D eigenvalue weighted by molar-refractivity contribution is -0.157. The van der Waals surface area contributed by atoms with Crippen LogP contribution in [0.2, 0.25) is 0 Å². The maximum absolute atomic E-state index is 11.6. The Kier molecular flexibility index (Phi) is 6.16. The molecular weight excluding hydrogens is 304 g/mol. The first kappa shape index (κ1) is 17.0. The zero-order chi connectivity index (χ0) is 16.7. The lowest BCUT2D eigenvalue weighted by Gasteiger charge is -2.13. The molecule has 0 unspecified atom stereocenters. The monoisotopic (exact) mass is 324 g/mol. The zero-order valence-electron chi connectivity index (χ0n) is 12.9. The Morgan fingerprint density at radius 3 is 2.74 bits per heavy atom. The molecule has 2 rings (SSSR count). The van der Waals surface area contributed by atoms with Crippen molar-refractivity contribution in [3.63, 3.8) is 0 Å². The van der Waals surface area contributed by atoms with Crippen molar-refractivity contribution in [3.8, 4) is 11.5 Å². The van der Waals surface area contributed by atoms with Gasteiger partial charge in [-0.2, -0.15) is 0 Å². The summed E-state index contributed by atoms with van der Waals surface area (Å²) in [4.78, 5) is 26.8. The van der Waals surface area contributed by atoms with Crippen LogP contribution in [-0.4, -0.2) is 43.5 Å². The summed E-state index contributed by atoms with van der Waals surface area (Å²) in [5, 5.41) is 0. The highest BCUT2D eigenvalue weighted by molar-refractivity contribution is 5.94. The maximum atomic E-state index is 11.6. The first-order valence-electron chi connectivity index (χ1n) is 7.34. The van der Waals surface area contributed by atoms with E-state index in [9.17, 15) is 9.59 Å². The molecule has 0 aliphatic heterocycles. The van der Waals surface area contributed by atoms with Crippen molar-refractivity contribution in [3.05, 3.63) is 18.0 Å². The van der Waals surface area contributed by atoms with Crippen molar-refractivity contribution in [1.29, 1.82) is 0 Å². The van der Waals surface area contributed by atoms with Gasteiger partial charge in [0.25, 0.3) is 5.91 Å². The van der Waals surface area contributed by atoms with Crippen LogP contribution in [0.25, 0.3) is 0 Å². The summed E-state index contributed by atoms with van der Waals surface area (Å²) in [6.45, 7) is -0.518. The topological polar surface area (TPSA) is 110 Å². The van der Waals surface area contributed by atoms with Gasteiger partial charge in [-0.3, -0.25) is 4.79 Å². The van der Waals surface area contributed by atoms with Gasteiger partial charge in [0.05, 0.1) is 13.2 Å². The average Bonchev–Trinajstić information content (AvgIpc) is 3.06. The highest BCUT2D eigenvalue weighted by Gasteiger charge is 2.19. The molecule has 1 fully saturated rings. The summed E-state index contributed by atoms with van der Waals surface area (Å²) in [6, 6.07) is 1.51. The third-order valence-corrected chi connectivity index (χ3v) is 3.48. The van der Waals surface area contributed by atoms with E-state index in [0.29, 0.717) is 0 Å². The first-order chi connectivity index (χ1) is 11.1. The molecule has 126 valence electrons. The number of ether oxygens (including phenoxy) is 4. The minimum absolute atomic E-state index is 0.0343. The molecule has 0 spiro atoms. The molecule has 1 aromatic rings. The van der Waals surface area contributed by atoms with Gasteiger partial charge < -0.3 is 24.7 Å². The molecule has 0 bridgehead atoms. The Morgan fingerprint density at radius 2 is 2.09 bits per heavy atom. The SMILES string of the molecule is COc1ccnc(C(N)=O)c1OCOC(=O)COC1CCCC1. The van der Waals surface area contributed by atoms with Gasteiger partial charge in [0.1, 0.15) is 6.61 Å². The number of methoxy groups -OCH3 is 1. The number of primary amides is 1. The Morgan fingerprint density at radius 1 is 1.35 bits per heavy atom. The molecule has 1 aliphatic carbocycles. The highest BCUT2D eigenvalue weighted by atomic mass is 16.7. The van der Waals surface area contributed by atoms with Crippen LogP contribution < -0.4 is 15.2 Å². The summed E-state index contributed by atoms with van der Waals surface area (Å²) in [7, 11) is 1.41. The predicted molar refractivity (Wildman–Crippen MR) is 79.1 cm³/mol. The number of pyridine rings is 1. The summed E-state index contributed by atoms with van der Waals surface area (Å²) >= 11 is 0. The van der Waals surface area contributed by atoms with E-state index in [1.807, 2.05) is 0 Å². The van der Waals surface area contributed by atoms with Crippen LogP contribution >= 0.6 is 0 Å². The number of carbonyl (C=O) groups is 2. The smallest absolute Gasteiger partial charge is 0.334 e. The number of rotatable bonds is 8. The van der Waals surface area contributed by atoms with Crippen LogP contribution in [0.15, 0.2) is 12.3 Å². The molecular formula is C15H20N2O6. The van der Waals surface area contributed by atoms with Gasteiger partial charge in [-0.05, 0) is 12.8 Å². The van der Waals surface area contributed by atoms with E-state index in [1.54, 1.807) is 0 Å². The molecule has 1 heterocycles. The summed E-state index contributed by atoms with van der Waals surface area (Å²) in [6.07, 6.45) is 5.69. The van der Waals surface area contributed by atoms with Crippen LogP contribution in [0, 0.1) is 0 Å². The zero-order valence-corrected chi connectivity index (χ0v) is 12.9. The van der Waals surface area contributed by atoms with E-state index in [-0.39, 0.29) is 29.9 Å². The van der Waals surface area contributed by atoms with Crippen molar-refractivity contribution in [2.45, 2.75) is 31.8 Å². The molecule has 8 nitrogen and oxygen atoms in total. The molecule has 23 heavy (non-hydrogen) atoms. The number of nitrogens with zero attached hydrogens (tertiary/aromatic N) is 1. The minimum atomic E-state index is -0.769. The largest absolute Gasteiger partial charge is 0.493 e. The van der Waals surface area contributed by atoms with Gasteiger partial charge in [-0.15, -0.1) is 0 Å². The van der Waals surface area contributed by atoms with Crippen LogP contribution in [-0.2, 0) is 14.3 Å². The van der Waals surface area contributed by atoms with Crippen LogP contribution in [0.5, 0.6) is 11.5 Å². The Hall–Kier alpha value is -2.35. The number of amides is 1. The maximum Gasteiger partial charge on any atom is 0.334 e. The molecule has 1 amide bonds. The van der Waals surface area contributed by atoms with Gasteiger partial charge in [0, 0.05) is 12.3 Å². The molecule has 0 saturated heterocycles. The highest BCUT2D eigenvalue weighted by Crippen LogP contribution is 2.29. The van der Waals surface area contributed by atoms with Crippen LogP contribution in [0.4, 0.5) is 0 Å². The number of carbonyl (C=O) groups excluding carboxylic acids is 2. The molecule has 1 aromatic heterocycles. The number of nitrogens with two attached hydrogens (primary N) is 1. The quantitative estimate of drug-likeness (QED) is 0.561. The number of hydrogen-bond donors (Lipinski definition) is 1. The standard InChI is InChI=1S/C15H20N2O6/c1-20-11-6-7-17-13(15(16)19)14(11)23-9-22-12(18)8-21-10-4-2-3-5-10/h6-7,10H,2-5,8-9H2,1H3,(H2,16,19). The predicted octanol–water partition coefficient (Wildman–Crippen LogP) is 1.03. The van der Waals surface area contributed by atoms with Crippen LogP contribution in [0.1, 0.15) is 36.2 Å². The van der Waals surface area contributed by atoms with Crippen molar-refractivity contribution >= 4 is 11.9 Å². The fraction of sp³-hybridized carbons (Fsp3) is 0.533. The normalized spacial score (nSPS) is 14.5. The Bertz CT molecular complexity index is 557. The van der Waals surface area contributed by atoms with E-state index in [2.05, 4.69) is 4.98 Å². The second kappa shape index (κ2) is 8.33. The van der Waals surface area contributed by atoms with Crippen molar-refractivity contribution in [2.24, 2.45) is 5.73 Å². The second-order valence-corrected chi connectivity index (χ2v) is 5.05. The van der Waals surface area contributed by atoms with Gasteiger partial charge in [-0.25, -0.2) is 9.78 Å². The fourth-order valence-corrected chi connectivity index (χ4v) is 2.34. The molecule has 8 heteroatoms. The first-order valence-corrected chi connectivity index (χ1v) is 7.34. The minimum Gasteiger partial charge on any atom is -0.493 e. The Balaban J connectivity index is 1.83. The van der Waals surface area contributed by atoms with E-state index in [0.717, 1.165) is 25.7 Å². The molecule has 1 aliphatic rings. The van der Waals surface area contributed by atoms with Crippen molar-refractivity contribution < 1.29 is 28.5 Å². The third-order valence-electron chi connectivity index (χ3n) is 3.48. The third kappa shape index (κ3) is 4.82. The lowest BCUT2D eigenvalue weighted by Crippen LogP contribution is -2.21. The van der Waals surface area contributed by atoms with Crippen LogP contribution in [0.3, 0.4) is 0 Å². The van der Waals surface area contributed by atoms with E-state index < -0.39 is 18.7 Å². The molecule has 2 N–H and O–H groups in total. The molecule has 1 saturated carbocycles. The van der Waals surface area contributed by atoms with Crippen molar-refractivity contribution in [2.75, 3.05) is 20.5 Å². The number of hydrogen-bond acceptors (Lipinski definition) is 7. The van der Waals surface area contributed by atoms with Gasteiger partial charge in [0.2, 0.25) is 6.79 Å². The van der Waals surface area contributed by atoms with Gasteiger partial charge in [-0.1, -0.05) is 12.8 Å². The molecule has 0 aromatic carbocycles. The van der Waals surface area contributed by atoms with Gasteiger partial charge in [0.15, 0.2) is 17.2 Å². The Labute approximate surface area is 133 Å². The molecule has 0 atom stereocenters. The molecule has 0 radical (unpaired) electrons. The van der Waals surface area contributed by atoms with E-state index >= 15 is 0 Å². The van der Waals surface area contributed by atoms with Gasteiger partial charge >= 0.3 is 5.97 Å². The fourth-order valence-electron chi connectivity index (χ4n) is 2.34. The summed E-state index contributed by atoms with van der Waals surface area (Å²) < 4.78 is 20.7. The lowest BCUT2D eigenvalue weighted by atomic mass is 10.3. The summed E-state index contributed by atoms with van der Waals surface area (Å²) in [5.41, 5.74) is 5.13. The van der Waals surface area contributed by atoms with Crippen molar-refractivity contribution in [1.82, 2.24) is 4.98 Å². The number of aromatic nitrogens is 1. The van der Waals surface area contributed by atoms with E-state index in [4.69, 9.17) is 24.7 Å². The number of esters is 1. The van der Waals surface area contributed by atoms with E-state index in [1.165, 1.54) is 19.4 Å².